The van der Waals surface area contributed by atoms with E-state index in [-0.39, 0.29) is 0 Å². The Morgan fingerprint density at radius 2 is 1.75 bits per heavy atom. The molecule has 1 aliphatic rings. The summed E-state index contributed by atoms with van der Waals surface area (Å²) in [5.74, 6) is 0. The lowest BCUT2D eigenvalue weighted by Gasteiger charge is -2.28. The van der Waals surface area contributed by atoms with E-state index in [1.54, 1.807) is 0 Å². The Morgan fingerprint density at radius 1 is 1.00 bits per heavy atom. The molecule has 0 saturated carbocycles. The van der Waals surface area contributed by atoms with E-state index in [1.807, 2.05) is 0 Å². The lowest BCUT2D eigenvalue weighted by atomic mass is 10.1. The van der Waals surface area contributed by atoms with Crippen LogP contribution in [-0.4, -0.2) is 61.3 Å². The fourth-order valence-corrected chi connectivity index (χ4v) is 2.28. The maximum Gasteiger partial charge on any atom is 0.0431 e. The van der Waals surface area contributed by atoms with Crippen LogP contribution in [-0.2, 0) is 0 Å². The van der Waals surface area contributed by atoms with Gasteiger partial charge in [0.15, 0.2) is 0 Å². The highest BCUT2D eigenvalue weighted by atomic mass is 16.2. The number of nitrogens with zero attached hydrogens (tertiary/aromatic N) is 2. The molecule has 3 heteroatoms. The van der Waals surface area contributed by atoms with Gasteiger partial charge in [0, 0.05) is 19.7 Å². The second-order valence-corrected chi connectivity index (χ2v) is 4.99. The van der Waals surface area contributed by atoms with Gasteiger partial charge in [0.25, 0.3) is 0 Å². The molecular formula is C13H28N2O. The molecule has 96 valence electrons. The molecule has 0 bridgehead atoms. The van der Waals surface area contributed by atoms with Crippen molar-refractivity contribution in [1.82, 2.24) is 9.80 Å². The van der Waals surface area contributed by atoms with Gasteiger partial charge in [0.1, 0.15) is 0 Å². The molecule has 1 rings (SSSR count). The summed E-state index contributed by atoms with van der Waals surface area (Å²) >= 11 is 0. The number of likely N-dealkylation sites (N-methyl/N-ethyl adjacent to an activating group) is 1. The van der Waals surface area contributed by atoms with Crippen LogP contribution in [0.3, 0.4) is 0 Å². The van der Waals surface area contributed by atoms with E-state index in [2.05, 4.69) is 16.8 Å². The quantitative estimate of drug-likeness (QED) is 0.639. The third kappa shape index (κ3) is 6.46. The van der Waals surface area contributed by atoms with Gasteiger partial charge in [-0.25, -0.2) is 0 Å². The van der Waals surface area contributed by atoms with Crippen molar-refractivity contribution in [3.63, 3.8) is 0 Å². The van der Waals surface area contributed by atoms with Crippen LogP contribution >= 0.6 is 0 Å². The molecule has 3 nitrogen and oxygen atoms in total. The van der Waals surface area contributed by atoms with E-state index < -0.39 is 0 Å². The highest BCUT2D eigenvalue weighted by molar-refractivity contribution is 4.66. The molecule has 0 amide bonds. The molecule has 0 aromatic heterocycles. The average Bonchev–Trinajstić information content (AvgIpc) is 2.33. The van der Waals surface area contributed by atoms with Crippen molar-refractivity contribution in [3.05, 3.63) is 0 Å². The molecule has 1 heterocycles. The van der Waals surface area contributed by atoms with Crippen LogP contribution < -0.4 is 0 Å². The van der Waals surface area contributed by atoms with Gasteiger partial charge in [-0.3, -0.25) is 0 Å². The Morgan fingerprint density at radius 3 is 2.44 bits per heavy atom. The van der Waals surface area contributed by atoms with Gasteiger partial charge >= 0.3 is 0 Å². The standard InChI is InChI=1S/C13H28N2O/c1-14(8-4-3-7-13-16)11-12-15-9-5-2-6-10-15/h16H,2-13H2,1H3. The van der Waals surface area contributed by atoms with Crippen molar-refractivity contribution < 1.29 is 5.11 Å². The zero-order chi connectivity index (χ0) is 11.6. The van der Waals surface area contributed by atoms with Crippen molar-refractivity contribution in [2.24, 2.45) is 0 Å². The van der Waals surface area contributed by atoms with Crippen LogP contribution in [0.1, 0.15) is 38.5 Å². The molecule has 0 atom stereocenters. The summed E-state index contributed by atoms with van der Waals surface area (Å²) in [7, 11) is 2.21. The number of likely N-dealkylation sites (tertiary alicyclic amines) is 1. The van der Waals surface area contributed by atoms with Crippen LogP contribution in [0, 0.1) is 0 Å². The van der Waals surface area contributed by atoms with Gasteiger partial charge in [-0.05, 0) is 58.8 Å². The molecule has 0 aromatic rings. The van der Waals surface area contributed by atoms with Crippen molar-refractivity contribution in [2.75, 3.05) is 46.4 Å². The Kier molecular flexibility index (Phi) is 7.81. The van der Waals surface area contributed by atoms with Crippen LogP contribution in [0.2, 0.25) is 0 Å². The Labute approximate surface area is 100 Å². The van der Waals surface area contributed by atoms with Crippen molar-refractivity contribution in [1.29, 1.82) is 0 Å². The maximum atomic E-state index is 8.68. The minimum Gasteiger partial charge on any atom is -0.396 e. The zero-order valence-electron chi connectivity index (χ0n) is 10.8. The van der Waals surface area contributed by atoms with Crippen LogP contribution in [0.4, 0.5) is 0 Å². The molecule has 0 aromatic carbocycles. The van der Waals surface area contributed by atoms with E-state index >= 15 is 0 Å². The van der Waals surface area contributed by atoms with Crippen LogP contribution in [0.15, 0.2) is 0 Å². The van der Waals surface area contributed by atoms with Crippen LogP contribution in [0.5, 0.6) is 0 Å². The molecule has 1 N–H and O–H groups in total. The molecule has 16 heavy (non-hydrogen) atoms. The lowest BCUT2D eigenvalue weighted by Crippen LogP contribution is -2.36. The number of rotatable bonds is 8. The summed E-state index contributed by atoms with van der Waals surface area (Å²) in [5.41, 5.74) is 0. The first-order valence-electron chi connectivity index (χ1n) is 6.84. The largest absolute Gasteiger partial charge is 0.396 e. The minimum atomic E-state index is 0.345. The average molecular weight is 228 g/mol. The van der Waals surface area contributed by atoms with E-state index in [9.17, 15) is 0 Å². The number of piperidine rings is 1. The van der Waals surface area contributed by atoms with Crippen molar-refractivity contribution in [3.8, 4) is 0 Å². The zero-order valence-corrected chi connectivity index (χ0v) is 10.8. The lowest BCUT2D eigenvalue weighted by molar-refractivity contribution is 0.194. The highest BCUT2D eigenvalue weighted by Crippen LogP contribution is 2.08. The second kappa shape index (κ2) is 8.97. The molecule has 1 aliphatic heterocycles. The number of hydrogen-bond donors (Lipinski definition) is 1. The summed E-state index contributed by atoms with van der Waals surface area (Å²) in [6.45, 7) is 6.55. The Hall–Kier alpha value is -0.120. The molecule has 0 radical (unpaired) electrons. The predicted octanol–water partition coefficient (Wildman–Crippen LogP) is 1.57. The normalized spacial score (nSPS) is 18.2. The molecule has 0 unspecified atom stereocenters. The summed E-state index contributed by atoms with van der Waals surface area (Å²) < 4.78 is 0. The monoisotopic (exact) mass is 228 g/mol. The SMILES string of the molecule is CN(CCCCCO)CCN1CCCCC1. The van der Waals surface area contributed by atoms with Crippen molar-refractivity contribution in [2.45, 2.75) is 38.5 Å². The number of aliphatic hydroxyl groups is 1. The second-order valence-electron chi connectivity index (χ2n) is 4.99. The smallest absolute Gasteiger partial charge is 0.0431 e. The first kappa shape index (κ1) is 13.9. The van der Waals surface area contributed by atoms with Gasteiger partial charge in [0.2, 0.25) is 0 Å². The minimum absolute atomic E-state index is 0.345. The first-order chi connectivity index (χ1) is 7.83. The van der Waals surface area contributed by atoms with E-state index in [4.69, 9.17) is 5.11 Å². The molecule has 1 saturated heterocycles. The molecule has 0 aliphatic carbocycles. The van der Waals surface area contributed by atoms with Gasteiger partial charge in [-0.2, -0.15) is 0 Å². The third-order valence-electron chi connectivity index (χ3n) is 3.44. The summed E-state index contributed by atoms with van der Waals surface area (Å²) in [6.07, 6.45) is 7.54. The fourth-order valence-electron chi connectivity index (χ4n) is 2.28. The van der Waals surface area contributed by atoms with Gasteiger partial charge in [0.05, 0.1) is 0 Å². The summed E-state index contributed by atoms with van der Waals surface area (Å²) in [5, 5.41) is 8.68. The molecular weight excluding hydrogens is 200 g/mol. The number of hydrogen-bond acceptors (Lipinski definition) is 3. The van der Waals surface area contributed by atoms with Gasteiger partial charge in [-0.15, -0.1) is 0 Å². The number of aliphatic hydroxyl groups excluding tert-OH is 1. The Balaban J connectivity index is 1.94. The topological polar surface area (TPSA) is 26.7 Å². The van der Waals surface area contributed by atoms with Gasteiger partial charge < -0.3 is 14.9 Å². The summed E-state index contributed by atoms with van der Waals surface area (Å²) in [4.78, 5) is 5.01. The predicted molar refractivity (Wildman–Crippen MR) is 68.7 cm³/mol. The Bertz CT molecular complexity index is 158. The fraction of sp³-hybridized carbons (Fsp3) is 1.00. The van der Waals surface area contributed by atoms with Gasteiger partial charge in [-0.1, -0.05) is 6.42 Å². The van der Waals surface area contributed by atoms with E-state index in [0.29, 0.717) is 6.61 Å². The third-order valence-corrected chi connectivity index (χ3v) is 3.44. The van der Waals surface area contributed by atoms with E-state index in [0.717, 1.165) is 12.8 Å². The summed E-state index contributed by atoms with van der Waals surface area (Å²) in [6, 6.07) is 0. The van der Waals surface area contributed by atoms with Crippen molar-refractivity contribution >= 4 is 0 Å². The number of unbranched alkanes of at least 4 members (excludes halogenated alkanes) is 2. The highest BCUT2D eigenvalue weighted by Gasteiger charge is 2.10. The molecule has 0 spiro atoms. The van der Waals surface area contributed by atoms with E-state index in [1.165, 1.54) is 58.4 Å². The maximum absolute atomic E-state index is 8.68. The molecule has 1 fully saturated rings. The van der Waals surface area contributed by atoms with Crippen LogP contribution in [0.25, 0.3) is 0 Å². The first-order valence-corrected chi connectivity index (χ1v) is 6.84.